The van der Waals surface area contributed by atoms with Gasteiger partial charge >= 0.3 is 0 Å². The van der Waals surface area contributed by atoms with Gasteiger partial charge in [0.1, 0.15) is 5.75 Å². The van der Waals surface area contributed by atoms with Crippen LogP contribution in [0.2, 0.25) is 0 Å². The first-order valence-corrected chi connectivity index (χ1v) is 8.35. The largest absolute Gasteiger partial charge is 0.496 e. The molecule has 1 aromatic carbocycles. The van der Waals surface area contributed by atoms with Crippen molar-refractivity contribution in [1.82, 2.24) is 5.32 Å². The molecule has 1 fully saturated rings. The molecular weight excluding hydrogens is 332 g/mol. The van der Waals surface area contributed by atoms with Crippen LogP contribution in [0.1, 0.15) is 38.5 Å². The lowest BCUT2D eigenvalue weighted by molar-refractivity contribution is -0.120. The fourth-order valence-electron chi connectivity index (χ4n) is 2.66. The number of rotatable bonds is 5. The third-order valence-electron chi connectivity index (χ3n) is 3.83. The first-order valence-electron chi connectivity index (χ1n) is 7.56. The molecule has 0 saturated heterocycles. The molecule has 1 saturated carbocycles. The lowest BCUT2D eigenvalue weighted by Crippen LogP contribution is -2.38. The van der Waals surface area contributed by atoms with Crippen LogP contribution in [0.3, 0.4) is 0 Å². The number of benzene rings is 1. The number of anilines is 1. The first kappa shape index (κ1) is 16.1. The van der Waals surface area contributed by atoms with Crippen LogP contribution in [-0.2, 0) is 4.79 Å². The maximum absolute atomic E-state index is 12.0. The summed E-state index contributed by atoms with van der Waals surface area (Å²) in [5, 5.41) is 6.27. The fraction of sp³-hybridized carbons (Fsp3) is 0.562. The average Bonchev–Trinajstić information content (AvgIpc) is 2.74. The number of nitrogens with one attached hydrogen (secondary N) is 2. The Kier molecular flexibility index (Phi) is 6.36. The summed E-state index contributed by atoms with van der Waals surface area (Å²) in [5.41, 5.74) is 0.902. The van der Waals surface area contributed by atoms with Crippen molar-refractivity contribution in [2.45, 2.75) is 44.6 Å². The van der Waals surface area contributed by atoms with E-state index in [1.807, 2.05) is 18.2 Å². The van der Waals surface area contributed by atoms with Crippen molar-refractivity contribution < 1.29 is 9.53 Å². The van der Waals surface area contributed by atoms with Crippen LogP contribution >= 0.6 is 15.9 Å². The Labute approximate surface area is 134 Å². The van der Waals surface area contributed by atoms with Gasteiger partial charge in [-0.15, -0.1) is 0 Å². The Hall–Kier alpha value is -1.23. The SMILES string of the molecule is COc1ccc(NCC(=O)NC2CCCCCC2)cc1Br. The summed E-state index contributed by atoms with van der Waals surface area (Å²) < 4.78 is 6.06. The molecule has 0 radical (unpaired) electrons. The number of halogens is 1. The van der Waals surface area contributed by atoms with Gasteiger partial charge in [0.2, 0.25) is 5.91 Å². The van der Waals surface area contributed by atoms with Gasteiger partial charge in [0.25, 0.3) is 0 Å². The zero-order valence-electron chi connectivity index (χ0n) is 12.5. The van der Waals surface area contributed by atoms with Crippen LogP contribution in [0.15, 0.2) is 22.7 Å². The highest BCUT2D eigenvalue weighted by atomic mass is 79.9. The van der Waals surface area contributed by atoms with Gasteiger partial charge in [0.05, 0.1) is 18.1 Å². The summed E-state index contributed by atoms with van der Waals surface area (Å²) in [4.78, 5) is 12.0. The molecular formula is C16H23BrN2O2. The predicted molar refractivity (Wildman–Crippen MR) is 88.8 cm³/mol. The summed E-state index contributed by atoms with van der Waals surface area (Å²) in [6.07, 6.45) is 7.27. The lowest BCUT2D eigenvalue weighted by atomic mass is 10.1. The van der Waals surface area contributed by atoms with E-state index in [0.29, 0.717) is 12.6 Å². The van der Waals surface area contributed by atoms with Crippen molar-refractivity contribution in [1.29, 1.82) is 0 Å². The van der Waals surface area contributed by atoms with E-state index in [9.17, 15) is 4.79 Å². The van der Waals surface area contributed by atoms with Gasteiger partial charge in [-0.2, -0.15) is 0 Å². The molecule has 21 heavy (non-hydrogen) atoms. The second kappa shape index (κ2) is 8.27. The number of carbonyl (C=O) groups is 1. The monoisotopic (exact) mass is 354 g/mol. The van der Waals surface area contributed by atoms with E-state index in [0.717, 1.165) is 28.8 Å². The molecule has 0 unspecified atom stereocenters. The van der Waals surface area contributed by atoms with Crippen molar-refractivity contribution >= 4 is 27.5 Å². The molecule has 0 bridgehead atoms. The summed E-state index contributed by atoms with van der Waals surface area (Å²) in [7, 11) is 1.63. The molecule has 2 N–H and O–H groups in total. The molecule has 5 heteroatoms. The highest BCUT2D eigenvalue weighted by Crippen LogP contribution is 2.27. The van der Waals surface area contributed by atoms with Crippen LogP contribution in [0, 0.1) is 0 Å². The summed E-state index contributed by atoms with van der Waals surface area (Å²) in [5.74, 6) is 0.845. The van der Waals surface area contributed by atoms with E-state index >= 15 is 0 Å². The van der Waals surface area contributed by atoms with Crippen LogP contribution in [0.4, 0.5) is 5.69 Å². The Morgan fingerprint density at radius 1 is 1.29 bits per heavy atom. The van der Waals surface area contributed by atoms with E-state index in [4.69, 9.17) is 4.74 Å². The first-order chi connectivity index (χ1) is 10.2. The second-order valence-corrected chi connectivity index (χ2v) is 6.31. The van der Waals surface area contributed by atoms with Gasteiger partial charge in [-0.3, -0.25) is 4.79 Å². The van der Waals surface area contributed by atoms with Crippen molar-refractivity contribution in [3.63, 3.8) is 0 Å². The van der Waals surface area contributed by atoms with Gasteiger partial charge in [0, 0.05) is 11.7 Å². The maximum atomic E-state index is 12.0. The van der Waals surface area contributed by atoms with Gasteiger partial charge in [0.15, 0.2) is 0 Å². The molecule has 0 spiro atoms. The Morgan fingerprint density at radius 2 is 2.00 bits per heavy atom. The van der Waals surface area contributed by atoms with Gasteiger partial charge < -0.3 is 15.4 Å². The molecule has 2 rings (SSSR count). The topological polar surface area (TPSA) is 50.4 Å². The normalized spacial score (nSPS) is 16.1. The van der Waals surface area contributed by atoms with E-state index in [1.165, 1.54) is 25.7 Å². The zero-order valence-corrected chi connectivity index (χ0v) is 14.0. The van der Waals surface area contributed by atoms with Crippen LogP contribution < -0.4 is 15.4 Å². The van der Waals surface area contributed by atoms with Gasteiger partial charge in [-0.1, -0.05) is 25.7 Å². The molecule has 1 amide bonds. The number of ether oxygens (including phenoxy) is 1. The van der Waals surface area contributed by atoms with Crippen molar-refractivity contribution in [2.24, 2.45) is 0 Å². The molecule has 1 aliphatic rings. The van der Waals surface area contributed by atoms with E-state index < -0.39 is 0 Å². The zero-order chi connectivity index (χ0) is 15.1. The predicted octanol–water partition coefficient (Wildman–Crippen LogP) is 3.71. The minimum atomic E-state index is 0.0637. The number of methoxy groups -OCH3 is 1. The van der Waals surface area contributed by atoms with E-state index in [2.05, 4.69) is 26.6 Å². The number of amides is 1. The highest BCUT2D eigenvalue weighted by Gasteiger charge is 2.14. The second-order valence-electron chi connectivity index (χ2n) is 5.46. The molecule has 1 aliphatic carbocycles. The molecule has 0 atom stereocenters. The number of hydrogen-bond acceptors (Lipinski definition) is 3. The van der Waals surface area contributed by atoms with Gasteiger partial charge in [-0.25, -0.2) is 0 Å². The molecule has 0 heterocycles. The smallest absolute Gasteiger partial charge is 0.239 e. The number of carbonyl (C=O) groups excluding carboxylic acids is 1. The fourth-order valence-corrected chi connectivity index (χ4v) is 3.20. The minimum absolute atomic E-state index is 0.0637. The quantitative estimate of drug-likeness (QED) is 0.792. The minimum Gasteiger partial charge on any atom is -0.496 e. The number of hydrogen-bond donors (Lipinski definition) is 2. The molecule has 0 aromatic heterocycles. The van der Waals surface area contributed by atoms with Crippen LogP contribution in [0.25, 0.3) is 0 Å². The highest BCUT2D eigenvalue weighted by molar-refractivity contribution is 9.10. The Balaban J connectivity index is 1.79. The van der Waals surface area contributed by atoms with Gasteiger partial charge in [-0.05, 0) is 47.0 Å². The molecule has 116 valence electrons. The van der Waals surface area contributed by atoms with E-state index in [-0.39, 0.29) is 5.91 Å². The summed E-state index contributed by atoms with van der Waals surface area (Å²) in [6.45, 7) is 0.301. The Bertz CT molecular complexity index is 471. The van der Waals surface area contributed by atoms with Crippen LogP contribution in [-0.4, -0.2) is 25.6 Å². The summed E-state index contributed by atoms with van der Waals surface area (Å²) >= 11 is 3.44. The maximum Gasteiger partial charge on any atom is 0.239 e. The standard InChI is InChI=1S/C16H23BrN2O2/c1-21-15-9-8-13(10-14(15)17)18-11-16(20)19-12-6-4-2-3-5-7-12/h8-10,12,18H,2-7,11H2,1H3,(H,19,20). The van der Waals surface area contributed by atoms with Crippen molar-refractivity contribution in [3.8, 4) is 5.75 Å². The molecule has 1 aromatic rings. The summed E-state index contributed by atoms with van der Waals surface area (Å²) in [6, 6.07) is 6.04. The third kappa shape index (κ3) is 5.23. The van der Waals surface area contributed by atoms with Crippen molar-refractivity contribution in [2.75, 3.05) is 19.0 Å². The Morgan fingerprint density at radius 3 is 2.62 bits per heavy atom. The van der Waals surface area contributed by atoms with Crippen LogP contribution in [0.5, 0.6) is 5.75 Å². The van der Waals surface area contributed by atoms with E-state index in [1.54, 1.807) is 7.11 Å². The molecule has 4 nitrogen and oxygen atoms in total. The third-order valence-corrected chi connectivity index (χ3v) is 4.44. The lowest BCUT2D eigenvalue weighted by Gasteiger charge is -2.16. The molecule has 0 aliphatic heterocycles. The van der Waals surface area contributed by atoms with Crippen molar-refractivity contribution in [3.05, 3.63) is 22.7 Å². The average molecular weight is 355 g/mol.